The average Bonchev–Trinajstić information content (AvgIpc) is 2.88. The first-order valence-corrected chi connectivity index (χ1v) is 11.5. The molecule has 0 aliphatic carbocycles. The van der Waals surface area contributed by atoms with Crippen LogP contribution in [0.25, 0.3) is 0 Å². The van der Waals surface area contributed by atoms with E-state index >= 15 is 0 Å². The number of likely N-dealkylation sites (tertiary alicyclic amines) is 1. The Bertz CT molecular complexity index is 889. The van der Waals surface area contributed by atoms with Crippen LogP contribution in [0.2, 0.25) is 0 Å². The minimum absolute atomic E-state index is 0.137. The average molecular weight is 425 g/mol. The topological polar surface area (TPSA) is 76.9 Å². The number of rotatable bonds is 4. The largest absolute Gasteiger partial charge is 0.381 e. The molecule has 0 radical (unpaired) electrons. The van der Waals surface area contributed by atoms with Crippen molar-refractivity contribution in [3.63, 3.8) is 0 Å². The number of ether oxygens (including phenoxy) is 1. The van der Waals surface area contributed by atoms with Crippen molar-refractivity contribution < 1.29 is 14.3 Å². The van der Waals surface area contributed by atoms with Crippen molar-refractivity contribution in [3.8, 4) is 6.07 Å². The molecule has 3 fully saturated rings. The SMILES string of the molecule is CCN1C(=O)N(c2cc(C)cc(C#N)c2)C(=O)[C@]12CCCN(CC1CCOCC1)CC2. The van der Waals surface area contributed by atoms with Crippen LogP contribution < -0.4 is 4.90 Å². The third-order valence-electron chi connectivity index (χ3n) is 7.07. The van der Waals surface area contributed by atoms with E-state index in [9.17, 15) is 14.9 Å². The smallest absolute Gasteiger partial charge is 0.332 e. The first-order valence-electron chi connectivity index (χ1n) is 11.5. The van der Waals surface area contributed by atoms with E-state index in [1.165, 1.54) is 4.90 Å². The summed E-state index contributed by atoms with van der Waals surface area (Å²) in [6.07, 6.45) is 4.43. The number of benzene rings is 1. The Hall–Kier alpha value is -2.43. The van der Waals surface area contributed by atoms with Gasteiger partial charge in [-0.05, 0) is 82.2 Å². The number of imide groups is 1. The fourth-order valence-corrected chi connectivity index (χ4v) is 5.47. The van der Waals surface area contributed by atoms with Crippen LogP contribution in [0.5, 0.6) is 0 Å². The maximum Gasteiger partial charge on any atom is 0.332 e. The van der Waals surface area contributed by atoms with Crippen LogP contribution in [-0.2, 0) is 9.53 Å². The summed E-state index contributed by atoms with van der Waals surface area (Å²) in [5.74, 6) is 0.515. The number of carbonyl (C=O) groups excluding carboxylic acids is 2. The summed E-state index contributed by atoms with van der Waals surface area (Å²) < 4.78 is 5.49. The number of hydrogen-bond donors (Lipinski definition) is 0. The van der Waals surface area contributed by atoms with Crippen molar-refractivity contribution in [2.75, 3.05) is 44.3 Å². The minimum Gasteiger partial charge on any atom is -0.381 e. The lowest BCUT2D eigenvalue weighted by molar-refractivity contribution is -0.125. The summed E-state index contributed by atoms with van der Waals surface area (Å²) in [7, 11) is 0. The third kappa shape index (κ3) is 4.07. The molecule has 31 heavy (non-hydrogen) atoms. The predicted octanol–water partition coefficient (Wildman–Crippen LogP) is 3.31. The zero-order chi connectivity index (χ0) is 22.0. The van der Waals surface area contributed by atoms with Gasteiger partial charge in [0.1, 0.15) is 5.54 Å². The molecule has 7 heteroatoms. The van der Waals surface area contributed by atoms with Gasteiger partial charge in [0, 0.05) is 32.8 Å². The Balaban J connectivity index is 1.57. The van der Waals surface area contributed by atoms with E-state index in [2.05, 4.69) is 11.0 Å². The number of amides is 3. The van der Waals surface area contributed by atoms with Gasteiger partial charge in [-0.15, -0.1) is 0 Å². The summed E-state index contributed by atoms with van der Waals surface area (Å²) >= 11 is 0. The van der Waals surface area contributed by atoms with Crippen LogP contribution in [0.3, 0.4) is 0 Å². The van der Waals surface area contributed by atoms with Crippen molar-refractivity contribution in [2.24, 2.45) is 5.92 Å². The molecule has 0 unspecified atom stereocenters. The maximum absolute atomic E-state index is 13.8. The quantitative estimate of drug-likeness (QED) is 0.693. The molecule has 1 aromatic carbocycles. The second kappa shape index (κ2) is 8.97. The van der Waals surface area contributed by atoms with E-state index < -0.39 is 5.54 Å². The standard InChI is InChI=1S/C24H32N4O3/c1-3-27-23(30)28(21-14-18(2)13-20(15-21)16-25)22(29)24(27)7-4-9-26(10-8-24)17-19-5-11-31-12-6-19/h13-15,19H,3-12,17H2,1-2H3/t24-/m1/s1. The van der Waals surface area contributed by atoms with Gasteiger partial charge in [0.2, 0.25) is 0 Å². The van der Waals surface area contributed by atoms with Crippen LogP contribution in [-0.4, -0.2) is 66.7 Å². The fourth-order valence-electron chi connectivity index (χ4n) is 5.47. The van der Waals surface area contributed by atoms with E-state index in [1.807, 2.05) is 19.9 Å². The van der Waals surface area contributed by atoms with E-state index in [1.54, 1.807) is 17.0 Å². The van der Waals surface area contributed by atoms with Gasteiger partial charge in [0.05, 0.1) is 17.3 Å². The third-order valence-corrected chi connectivity index (χ3v) is 7.07. The van der Waals surface area contributed by atoms with Crippen LogP contribution in [0.1, 0.15) is 50.2 Å². The zero-order valence-electron chi connectivity index (χ0n) is 18.6. The van der Waals surface area contributed by atoms with E-state index in [-0.39, 0.29) is 11.9 Å². The molecule has 1 atom stereocenters. The Kier molecular flexibility index (Phi) is 6.31. The molecule has 1 aromatic rings. The highest BCUT2D eigenvalue weighted by atomic mass is 16.5. The molecular weight excluding hydrogens is 392 g/mol. The highest BCUT2D eigenvalue weighted by molar-refractivity contribution is 6.23. The molecule has 0 saturated carbocycles. The molecule has 3 saturated heterocycles. The van der Waals surface area contributed by atoms with E-state index in [0.717, 1.165) is 57.7 Å². The normalized spacial score (nSPS) is 25.8. The first kappa shape index (κ1) is 21.8. The highest BCUT2D eigenvalue weighted by Gasteiger charge is 2.57. The molecular formula is C24H32N4O3. The van der Waals surface area contributed by atoms with Gasteiger partial charge in [0.25, 0.3) is 5.91 Å². The van der Waals surface area contributed by atoms with Gasteiger partial charge in [-0.2, -0.15) is 5.26 Å². The number of hydrogen-bond acceptors (Lipinski definition) is 5. The van der Waals surface area contributed by atoms with Crippen LogP contribution in [0, 0.1) is 24.2 Å². The predicted molar refractivity (Wildman–Crippen MR) is 118 cm³/mol. The monoisotopic (exact) mass is 424 g/mol. The lowest BCUT2D eigenvalue weighted by atomic mass is 9.88. The Morgan fingerprint density at radius 1 is 1.16 bits per heavy atom. The molecule has 3 aliphatic heterocycles. The van der Waals surface area contributed by atoms with Gasteiger partial charge in [0.15, 0.2) is 0 Å². The minimum atomic E-state index is -0.785. The molecule has 3 aliphatic rings. The lowest BCUT2D eigenvalue weighted by Crippen LogP contribution is -2.50. The van der Waals surface area contributed by atoms with E-state index in [0.29, 0.717) is 36.6 Å². The van der Waals surface area contributed by atoms with Crippen molar-refractivity contribution >= 4 is 17.6 Å². The lowest BCUT2D eigenvalue weighted by Gasteiger charge is -2.34. The summed E-state index contributed by atoms with van der Waals surface area (Å²) in [5, 5.41) is 9.34. The Morgan fingerprint density at radius 2 is 1.94 bits per heavy atom. The van der Waals surface area contributed by atoms with Gasteiger partial charge < -0.3 is 14.5 Å². The number of aryl methyl sites for hydroxylation is 1. The van der Waals surface area contributed by atoms with Gasteiger partial charge in [-0.25, -0.2) is 9.69 Å². The number of anilines is 1. The zero-order valence-corrected chi connectivity index (χ0v) is 18.6. The molecule has 3 heterocycles. The molecule has 0 aromatic heterocycles. The summed E-state index contributed by atoms with van der Waals surface area (Å²) in [6.45, 7) is 8.82. The fraction of sp³-hybridized carbons (Fsp3) is 0.625. The molecule has 3 amide bonds. The number of urea groups is 1. The first-order chi connectivity index (χ1) is 15.0. The molecule has 7 nitrogen and oxygen atoms in total. The summed E-state index contributed by atoms with van der Waals surface area (Å²) in [5.41, 5.74) is 1.04. The summed E-state index contributed by atoms with van der Waals surface area (Å²) in [6, 6.07) is 7.10. The van der Waals surface area contributed by atoms with Crippen molar-refractivity contribution in [1.82, 2.24) is 9.80 Å². The van der Waals surface area contributed by atoms with Crippen LogP contribution >= 0.6 is 0 Å². The second-order valence-corrected chi connectivity index (χ2v) is 9.08. The second-order valence-electron chi connectivity index (χ2n) is 9.08. The Labute approximate surface area is 184 Å². The molecule has 0 bridgehead atoms. The maximum atomic E-state index is 13.8. The molecule has 1 spiro atoms. The molecule has 4 rings (SSSR count). The number of likely N-dealkylation sites (N-methyl/N-ethyl adjacent to an activating group) is 1. The van der Waals surface area contributed by atoms with Crippen molar-refractivity contribution in [2.45, 2.75) is 51.5 Å². The van der Waals surface area contributed by atoms with Gasteiger partial charge in [-0.1, -0.05) is 0 Å². The van der Waals surface area contributed by atoms with Crippen LogP contribution in [0.4, 0.5) is 10.5 Å². The van der Waals surface area contributed by atoms with Gasteiger partial charge >= 0.3 is 6.03 Å². The van der Waals surface area contributed by atoms with Crippen molar-refractivity contribution in [3.05, 3.63) is 29.3 Å². The highest BCUT2D eigenvalue weighted by Crippen LogP contribution is 2.40. The Morgan fingerprint density at radius 3 is 2.65 bits per heavy atom. The van der Waals surface area contributed by atoms with Gasteiger partial charge in [-0.3, -0.25) is 4.79 Å². The molecule has 166 valence electrons. The number of carbonyl (C=O) groups is 2. The van der Waals surface area contributed by atoms with Crippen LogP contribution in [0.15, 0.2) is 18.2 Å². The van der Waals surface area contributed by atoms with E-state index in [4.69, 9.17) is 4.74 Å². The number of nitrogens with zero attached hydrogens (tertiary/aromatic N) is 4. The van der Waals surface area contributed by atoms with Crippen molar-refractivity contribution in [1.29, 1.82) is 5.26 Å². The summed E-state index contributed by atoms with van der Waals surface area (Å²) in [4.78, 5) is 32.7. The molecule has 0 N–H and O–H groups in total. The number of nitriles is 1.